The van der Waals surface area contributed by atoms with Crippen molar-refractivity contribution in [1.29, 1.82) is 0 Å². The second kappa shape index (κ2) is 21.6. The number of aromatic nitrogens is 6. The predicted octanol–water partition coefficient (Wildman–Crippen LogP) is 9.58. The van der Waals surface area contributed by atoms with Crippen LogP contribution in [-0.4, -0.2) is 103 Å². The number of hydrogen-bond acceptors (Lipinski definition) is 11. The molecule has 364 valence electrons. The van der Waals surface area contributed by atoms with Crippen molar-refractivity contribution in [1.82, 2.24) is 39.3 Å². The Labute approximate surface area is 396 Å². The van der Waals surface area contributed by atoms with Gasteiger partial charge in [0.15, 0.2) is 17.2 Å². The average Bonchev–Trinajstić information content (AvgIpc) is 4.13. The van der Waals surface area contributed by atoms with E-state index in [1.807, 2.05) is 20.6 Å². The molecule has 2 aliphatic carbocycles. The molecular weight excluding hydrogens is 943 g/mol. The summed E-state index contributed by atoms with van der Waals surface area (Å²) in [4.78, 5) is 29.2. The number of halogens is 6. The van der Waals surface area contributed by atoms with Crippen LogP contribution in [0.2, 0.25) is 0 Å². The van der Waals surface area contributed by atoms with Gasteiger partial charge in [-0.2, -0.15) is 36.5 Å². The molecule has 4 atom stereocenters. The Hall–Kier alpha value is -2.53. The van der Waals surface area contributed by atoms with Crippen LogP contribution in [0.25, 0.3) is 0 Å². The molecule has 4 fully saturated rings. The van der Waals surface area contributed by atoms with Gasteiger partial charge in [0.1, 0.15) is 33.4 Å². The fraction of sp³-hybridized carbons (Fsp3) is 0.711. The Bertz CT molecular complexity index is 2050. The van der Waals surface area contributed by atoms with Gasteiger partial charge >= 0.3 is 12.4 Å². The van der Waals surface area contributed by atoms with Crippen LogP contribution in [0.5, 0.6) is 0 Å². The van der Waals surface area contributed by atoms with Crippen LogP contribution in [0.15, 0.2) is 22.9 Å². The van der Waals surface area contributed by atoms with E-state index in [2.05, 4.69) is 10.2 Å². The van der Waals surface area contributed by atoms with Crippen LogP contribution in [0, 0.1) is 13.8 Å². The van der Waals surface area contributed by atoms with Crippen LogP contribution in [0.4, 0.5) is 26.3 Å². The fourth-order valence-corrected chi connectivity index (χ4v) is 15.5. The molecule has 0 bridgehead atoms. The van der Waals surface area contributed by atoms with Gasteiger partial charge in [0, 0.05) is 34.0 Å². The van der Waals surface area contributed by atoms with E-state index in [0.29, 0.717) is 63.4 Å². The normalized spacial score (nSPS) is 21.6. The minimum atomic E-state index is -4.70. The number of carbonyl (C=O) groups excluding carboxylic acids is 1. The highest BCUT2D eigenvalue weighted by molar-refractivity contribution is 7.91. The lowest BCUT2D eigenvalue weighted by atomic mass is 9.91. The highest BCUT2D eigenvalue weighted by atomic mass is 32.2. The molecule has 0 radical (unpaired) electrons. The lowest BCUT2D eigenvalue weighted by molar-refractivity contribution is -0.142. The molecular formula is C45H60F6N8O3S4. The SMILES string of the molecule is Cc1cc(C(F)(F)F)nn1CC(C(=O)C(Cn1nc(C(F)(F)F)cc1C)N1CCC(c2nc(C[S+]([O-])C3CCCCC3)cs2)CC1)N1CCC(c2nc(C[S+]([O-])C3CCCCC3)cs2)CC1. The zero-order valence-corrected chi connectivity index (χ0v) is 40.8. The van der Waals surface area contributed by atoms with Gasteiger partial charge in [0.2, 0.25) is 0 Å². The van der Waals surface area contributed by atoms with E-state index >= 15 is 4.79 Å². The Morgan fingerprint density at radius 3 is 1.33 bits per heavy atom. The number of piperidine rings is 2. The number of nitrogens with zero attached hydrogens (tertiary/aromatic N) is 8. The lowest BCUT2D eigenvalue weighted by Gasteiger charge is -2.41. The summed E-state index contributed by atoms with van der Waals surface area (Å²) >= 11 is 1.10. The maximum Gasteiger partial charge on any atom is 0.435 e. The first-order chi connectivity index (χ1) is 31.5. The lowest BCUT2D eigenvalue weighted by Crippen LogP contribution is -2.57. The maximum atomic E-state index is 15.4. The monoisotopic (exact) mass is 1000 g/mol. The van der Waals surface area contributed by atoms with Gasteiger partial charge in [-0.05, 0) is 152 Å². The second-order valence-electron chi connectivity index (χ2n) is 18.7. The Kier molecular flexibility index (Phi) is 16.3. The van der Waals surface area contributed by atoms with Gasteiger partial charge in [0.25, 0.3) is 0 Å². The summed E-state index contributed by atoms with van der Waals surface area (Å²) in [6.45, 7) is 4.41. The van der Waals surface area contributed by atoms with Crippen molar-refractivity contribution >= 4 is 50.8 Å². The van der Waals surface area contributed by atoms with Crippen LogP contribution in [0.1, 0.15) is 146 Å². The van der Waals surface area contributed by atoms with Crippen molar-refractivity contribution < 1.29 is 40.2 Å². The highest BCUT2D eigenvalue weighted by Crippen LogP contribution is 2.37. The molecule has 8 rings (SSSR count). The number of ketones is 1. The molecule has 2 saturated carbocycles. The van der Waals surface area contributed by atoms with Crippen LogP contribution in [0.3, 0.4) is 0 Å². The van der Waals surface area contributed by atoms with Gasteiger partial charge in [-0.1, -0.05) is 12.8 Å². The van der Waals surface area contributed by atoms with E-state index in [1.165, 1.54) is 36.1 Å². The second-order valence-corrected chi connectivity index (χ2v) is 23.9. The molecule has 0 spiro atoms. The standard InChI is InChI=1S/C45H60F6N8O3S4/c1-29-21-39(44(46,47)48)54-58(29)23-37(56-17-13-31(14-18-56)42-52-33(25-63-42)27-65(61)35-9-5-3-6-10-35)41(60)38(24-59-30(2)22-40(55-59)45(49,50)51)57-19-15-32(16-20-57)43-53-34(26-64-43)28-66(62)36-11-7-4-8-12-36/h21-22,25-26,31-32,35-38H,3-20,23-24,27-28H2,1-2H3. The molecule has 4 aromatic rings. The van der Waals surface area contributed by atoms with E-state index in [1.54, 1.807) is 22.7 Å². The van der Waals surface area contributed by atoms with Gasteiger partial charge in [-0.15, -0.1) is 22.7 Å². The third kappa shape index (κ3) is 12.2. The number of alkyl halides is 6. The fourth-order valence-electron chi connectivity index (χ4n) is 10.2. The number of thiazole rings is 2. The van der Waals surface area contributed by atoms with Crippen molar-refractivity contribution in [3.05, 3.63) is 67.1 Å². The van der Waals surface area contributed by atoms with Gasteiger partial charge in [-0.25, -0.2) is 9.97 Å². The topological polar surface area (TPSA) is 131 Å². The third-order valence-corrected chi connectivity index (χ3v) is 19.8. The van der Waals surface area contributed by atoms with Crippen molar-refractivity contribution in [3.63, 3.8) is 0 Å². The van der Waals surface area contributed by atoms with Gasteiger partial charge in [0.05, 0.1) is 35.2 Å². The van der Waals surface area contributed by atoms with Crippen molar-refractivity contribution in [3.8, 4) is 0 Å². The molecule has 0 N–H and O–H groups in total. The first-order valence-electron chi connectivity index (χ1n) is 23.4. The molecule has 6 heterocycles. The summed E-state index contributed by atoms with van der Waals surface area (Å²) in [6.07, 6.45) is 3.79. The number of hydrogen-bond donors (Lipinski definition) is 0. The largest absolute Gasteiger partial charge is 0.616 e. The minimum Gasteiger partial charge on any atom is -0.616 e. The van der Waals surface area contributed by atoms with E-state index in [0.717, 1.165) is 84.9 Å². The quantitative estimate of drug-likeness (QED) is 0.0796. The first kappa shape index (κ1) is 49.9. The molecule has 4 unspecified atom stereocenters. The molecule has 21 heteroatoms. The molecule has 2 saturated heterocycles. The molecule has 2 aliphatic heterocycles. The predicted molar refractivity (Wildman–Crippen MR) is 245 cm³/mol. The molecule has 4 aromatic heterocycles. The summed E-state index contributed by atoms with van der Waals surface area (Å²) in [6, 6.07) is 0.00651. The van der Waals surface area contributed by atoms with Crippen LogP contribution < -0.4 is 0 Å². The number of aryl methyl sites for hydroxylation is 2. The summed E-state index contributed by atoms with van der Waals surface area (Å²) < 4.78 is 112. The van der Waals surface area contributed by atoms with E-state index < -0.39 is 58.2 Å². The number of Topliss-reactive ketones (excluding diaryl/α,β-unsaturated/α-hetero) is 1. The summed E-state index contributed by atoms with van der Waals surface area (Å²) in [5, 5.41) is 14.1. The molecule has 66 heavy (non-hydrogen) atoms. The number of carbonyl (C=O) groups is 1. The number of rotatable bonds is 16. The van der Waals surface area contributed by atoms with E-state index in [4.69, 9.17) is 9.97 Å². The summed E-state index contributed by atoms with van der Waals surface area (Å²) in [7, 11) is 0. The summed E-state index contributed by atoms with van der Waals surface area (Å²) in [5.74, 6) is 0.672. The Morgan fingerprint density at radius 2 is 1.00 bits per heavy atom. The van der Waals surface area contributed by atoms with E-state index in [9.17, 15) is 35.4 Å². The smallest absolute Gasteiger partial charge is 0.435 e. The average molecular weight is 1000 g/mol. The van der Waals surface area contributed by atoms with Gasteiger partial charge < -0.3 is 9.11 Å². The Balaban J connectivity index is 1.01. The van der Waals surface area contributed by atoms with E-state index in [-0.39, 0.29) is 52.6 Å². The maximum absolute atomic E-state index is 15.4. The van der Waals surface area contributed by atoms with Crippen LogP contribution >= 0.6 is 22.7 Å². The van der Waals surface area contributed by atoms with Crippen molar-refractivity contribution in [2.24, 2.45) is 0 Å². The Morgan fingerprint density at radius 1 is 0.636 bits per heavy atom. The third-order valence-electron chi connectivity index (χ3n) is 14.1. The zero-order valence-electron chi connectivity index (χ0n) is 37.5. The minimum absolute atomic E-state index is 0.0723. The van der Waals surface area contributed by atoms with Gasteiger partial charge in [-0.3, -0.25) is 24.0 Å². The molecule has 11 nitrogen and oxygen atoms in total. The molecule has 0 aromatic carbocycles. The van der Waals surface area contributed by atoms with Crippen molar-refractivity contribution in [2.75, 3.05) is 26.2 Å². The van der Waals surface area contributed by atoms with Crippen LogP contribution in [-0.2, 0) is 64.1 Å². The van der Waals surface area contributed by atoms with Crippen molar-refractivity contribution in [2.45, 2.75) is 175 Å². The number of likely N-dealkylation sites (tertiary alicyclic amines) is 2. The highest BCUT2D eigenvalue weighted by Gasteiger charge is 2.42. The summed E-state index contributed by atoms with van der Waals surface area (Å²) in [5.41, 5.74) is -0.0259. The molecule has 0 amide bonds. The first-order valence-corrected chi connectivity index (χ1v) is 27.9. The molecule has 4 aliphatic rings. The zero-order chi connectivity index (χ0) is 46.8.